The first-order valence-electron chi connectivity index (χ1n) is 7.25. The Balaban J connectivity index is 1.72. The smallest absolute Gasteiger partial charge is 0.382 e. The molecule has 1 heterocycles. The van der Waals surface area contributed by atoms with E-state index in [4.69, 9.17) is 9.63 Å². The molecule has 2 saturated carbocycles. The average Bonchev–Trinajstić information content (AvgIpc) is 2.97. The summed E-state index contributed by atoms with van der Waals surface area (Å²) in [5, 5.41) is 16.0. The van der Waals surface area contributed by atoms with Crippen LogP contribution in [0.2, 0.25) is 0 Å². The molecule has 0 bridgehead atoms. The number of aliphatic hydroxyl groups is 1. The molecule has 0 amide bonds. The summed E-state index contributed by atoms with van der Waals surface area (Å²) < 4.78 is 42.5. The van der Waals surface area contributed by atoms with Gasteiger partial charge in [0.25, 0.3) is 0 Å². The molecule has 0 aliphatic heterocycles. The second kappa shape index (κ2) is 5.24. The first-order valence-corrected chi connectivity index (χ1v) is 7.25. The highest BCUT2D eigenvalue weighted by atomic mass is 19.4. The van der Waals surface area contributed by atoms with E-state index in [0.717, 1.165) is 25.7 Å². The highest BCUT2D eigenvalue weighted by molar-refractivity contribution is 5.11. The predicted octanol–water partition coefficient (Wildman–Crippen LogP) is 2.23. The Morgan fingerprint density at radius 1 is 1.33 bits per heavy atom. The average molecular weight is 305 g/mol. The lowest BCUT2D eigenvalue weighted by Gasteiger charge is -2.28. The summed E-state index contributed by atoms with van der Waals surface area (Å²) in [5.41, 5.74) is -0.705. The molecule has 0 radical (unpaired) electrons. The van der Waals surface area contributed by atoms with E-state index in [2.05, 4.69) is 15.5 Å². The van der Waals surface area contributed by atoms with Crippen molar-refractivity contribution in [3.63, 3.8) is 0 Å². The van der Waals surface area contributed by atoms with Gasteiger partial charge in [0, 0.05) is 12.5 Å². The molecule has 0 aromatic carbocycles. The molecule has 0 unspecified atom stereocenters. The summed E-state index contributed by atoms with van der Waals surface area (Å²) in [7, 11) is 0. The fourth-order valence-corrected chi connectivity index (χ4v) is 2.79. The van der Waals surface area contributed by atoms with Crippen molar-refractivity contribution < 1.29 is 22.8 Å². The van der Waals surface area contributed by atoms with Crippen molar-refractivity contribution in [1.82, 2.24) is 15.5 Å². The maximum Gasteiger partial charge on any atom is 0.415 e. The van der Waals surface area contributed by atoms with Gasteiger partial charge in [-0.1, -0.05) is 18.0 Å². The predicted molar refractivity (Wildman–Crippen MR) is 66.5 cm³/mol. The fraction of sp³-hybridized carbons (Fsp3) is 0.846. The lowest BCUT2D eigenvalue weighted by molar-refractivity contribution is -0.203. The number of rotatable bonds is 5. The Bertz CT molecular complexity index is 493. The Morgan fingerprint density at radius 3 is 2.57 bits per heavy atom. The number of aliphatic hydroxyl groups excluding tert-OH is 1. The van der Waals surface area contributed by atoms with Gasteiger partial charge in [-0.3, -0.25) is 0 Å². The Morgan fingerprint density at radius 2 is 2.00 bits per heavy atom. The second-order valence-corrected chi connectivity index (χ2v) is 5.96. The largest absolute Gasteiger partial charge is 0.415 e. The third-order valence-corrected chi connectivity index (χ3v) is 4.27. The number of aromatic nitrogens is 2. The molecule has 1 atom stereocenters. The summed E-state index contributed by atoms with van der Waals surface area (Å²) in [4.78, 5) is 4.36. The van der Waals surface area contributed by atoms with Gasteiger partial charge < -0.3 is 14.9 Å². The number of hydrogen-bond donors (Lipinski definition) is 2. The fourth-order valence-electron chi connectivity index (χ4n) is 2.79. The van der Waals surface area contributed by atoms with E-state index in [9.17, 15) is 13.2 Å². The van der Waals surface area contributed by atoms with Gasteiger partial charge in [0.05, 0.1) is 5.54 Å². The zero-order valence-electron chi connectivity index (χ0n) is 11.5. The third kappa shape index (κ3) is 3.06. The summed E-state index contributed by atoms with van der Waals surface area (Å²) >= 11 is 0. The Kier molecular flexibility index (Phi) is 3.69. The summed E-state index contributed by atoms with van der Waals surface area (Å²) in [5.74, 6) is 1.32. The van der Waals surface area contributed by atoms with Crippen LogP contribution in [0.25, 0.3) is 0 Å². The molecule has 0 spiro atoms. The van der Waals surface area contributed by atoms with Gasteiger partial charge in [-0.05, 0) is 25.7 Å². The lowest BCUT2D eigenvalue weighted by atomic mass is 9.96. The Hall–Kier alpha value is -1.15. The third-order valence-electron chi connectivity index (χ3n) is 4.27. The lowest BCUT2D eigenvalue weighted by Crippen LogP contribution is -2.48. The van der Waals surface area contributed by atoms with Gasteiger partial charge in [0.15, 0.2) is 11.9 Å². The molecule has 2 N–H and O–H groups in total. The molecular weight excluding hydrogens is 287 g/mol. The van der Waals surface area contributed by atoms with Crippen LogP contribution in [0, 0.1) is 0 Å². The van der Waals surface area contributed by atoms with E-state index in [-0.39, 0.29) is 0 Å². The van der Waals surface area contributed by atoms with Crippen molar-refractivity contribution in [3.05, 3.63) is 11.7 Å². The van der Waals surface area contributed by atoms with Gasteiger partial charge in [0.2, 0.25) is 5.89 Å². The molecular formula is C13H18F3N3O2. The van der Waals surface area contributed by atoms with E-state index in [0.29, 0.717) is 30.5 Å². The summed E-state index contributed by atoms with van der Waals surface area (Å²) in [6.45, 7) is -0.559. The molecule has 2 aliphatic rings. The van der Waals surface area contributed by atoms with Crippen LogP contribution in [0.15, 0.2) is 4.52 Å². The van der Waals surface area contributed by atoms with Crippen LogP contribution in [0.4, 0.5) is 13.2 Å². The van der Waals surface area contributed by atoms with Crippen molar-refractivity contribution >= 4 is 0 Å². The first kappa shape index (κ1) is 14.8. The quantitative estimate of drug-likeness (QED) is 0.873. The zero-order valence-corrected chi connectivity index (χ0v) is 11.5. The highest BCUT2D eigenvalue weighted by Gasteiger charge is 2.44. The minimum atomic E-state index is -4.62. The van der Waals surface area contributed by atoms with E-state index < -0.39 is 24.4 Å². The molecule has 5 nitrogen and oxygen atoms in total. The minimum Gasteiger partial charge on any atom is -0.382 e. The maximum absolute atomic E-state index is 12.4. The van der Waals surface area contributed by atoms with E-state index in [1.807, 2.05) is 0 Å². The maximum atomic E-state index is 12.4. The van der Waals surface area contributed by atoms with Crippen LogP contribution in [-0.4, -0.2) is 34.1 Å². The highest BCUT2D eigenvalue weighted by Crippen LogP contribution is 2.42. The molecule has 3 rings (SSSR count). The van der Waals surface area contributed by atoms with Crippen LogP contribution >= 0.6 is 0 Å². The minimum absolute atomic E-state index is 0.311. The van der Waals surface area contributed by atoms with Crippen molar-refractivity contribution in [2.45, 2.75) is 62.3 Å². The van der Waals surface area contributed by atoms with E-state index in [1.54, 1.807) is 0 Å². The van der Waals surface area contributed by atoms with Crippen molar-refractivity contribution in [2.75, 3.05) is 6.54 Å². The summed E-state index contributed by atoms with van der Waals surface area (Å²) in [6, 6.07) is 0. The topological polar surface area (TPSA) is 71.2 Å². The van der Waals surface area contributed by atoms with Crippen LogP contribution in [0.1, 0.15) is 56.2 Å². The first-order chi connectivity index (χ1) is 9.91. The van der Waals surface area contributed by atoms with Crippen molar-refractivity contribution in [1.29, 1.82) is 0 Å². The standard InChI is InChI=1S/C13H18F3N3O2/c14-13(15,16)9(20)7-17-12(5-1-2-6-12)11-18-10(21-19-11)8-3-4-8/h8-9,17,20H,1-7H2/t9-/m0/s1. The molecule has 2 aliphatic carbocycles. The molecule has 8 heteroatoms. The monoisotopic (exact) mass is 305 g/mol. The van der Waals surface area contributed by atoms with E-state index >= 15 is 0 Å². The number of nitrogens with zero attached hydrogens (tertiary/aromatic N) is 2. The molecule has 118 valence electrons. The molecule has 1 aromatic heterocycles. The van der Waals surface area contributed by atoms with Gasteiger partial charge in [-0.25, -0.2) is 0 Å². The number of halogens is 3. The van der Waals surface area contributed by atoms with Crippen LogP contribution in [0.3, 0.4) is 0 Å². The molecule has 2 fully saturated rings. The van der Waals surface area contributed by atoms with Crippen molar-refractivity contribution in [2.24, 2.45) is 0 Å². The summed E-state index contributed by atoms with van der Waals surface area (Å²) in [6.07, 6.45) is -1.87. The van der Waals surface area contributed by atoms with Gasteiger partial charge >= 0.3 is 6.18 Å². The number of nitrogens with one attached hydrogen (secondary N) is 1. The SMILES string of the molecule is O[C@@H](CNC1(c2noc(C3CC3)n2)CCCC1)C(F)(F)F. The Labute approximate surface area is 119 Å². The number of hydrogen-bond acceptors (Lipinski definition) is 5. The van der Waals surface area contributed by atoms with Gasteiger partial charge in [-0.2, -0.15) is 18.2 Å². The molecule has 0 saturated heterocycles. The van der Waals surface area contributed by atoms with E-state index in [1.165, 1.54) is 0 Å². The number of alkyl halides is 3. The molecule has 1 aromatic rings. The van der Waals surface area contributed by atoms with Crippen LogP contribution in [-0.2, 0) is 5.54 Å². The van der Waals surface area contributed by atoms with Gasteiger partial charge in [-0.15, -0.1) is 0 Å². The van der Waals surface area contributed by atoms with Gasteiger partial charge in [0.1, 0.15) is 0 Å². The molecule has 21 heavy (non-hydrogen) atoms. The van der Waals surface area contributed by atoms with Crippen LogP contribution in [0.5, 0.6) is 0 Å². The normalized spacial score (nSPS) is 23.4. The second-order valence-electron chi connectivity index (χ2n) is 5.96. The zero-order chi connectivity index (χ0) is 15.1. The van der Waals surface area contributed by atoms with Crippen molar-refractivity contribution in [3.8, 4) is 0 Å². The van der Waals surface area contributed by atoms with Crippen LogP contribution < -0.4 is 5.32 Å².